The SMILES string of the molecule is CCCCCCCCCCCCC[C@@H]1CC(=O)N[C@@H]([C@H](C)O)C(=O)N[C@H](C)C(=O)N[C@@H](Cc2ccc(O)cc2)C(=O)N[C@@H](C(C)C)C(=O)N2C[C@H](O)C[C@H]2C(=O)N[C@@H]([C@@H](C)O)C(=O)N[C@@H]([C@@H](C)O)C(=O)N2CC[C@H](O)[C@H]2C(=O)N[C@@H]([C@H](O)CC(N)=O)C(=O)NCC(=O)N[C@@H]([C@@H](C)O)C(=O)N[C@@H](CCCNC(C)=O)C(=O)O1. The zero-order valence-electron chi connectivity index (χ0n) is 64.7. The molecule has 3 fully saturated rings. The average molecular weight is 1580 g/mol. The number of cyclic esters (lactones) is 1. The van der Waals surface area contributed by atoms with E-state index in [9.17, 15) is 113 Å². The number of hydrogen-bond acceptors (Lipinski definition) is 24. The highest BCUT2D eigenvalue weighted by Gasteiger charge is 2.48. The lowest BCUT2D eigenvalue weighted by molar-refractivity contribution is -0.155. The Balaban J connectivity index is 1.82. The monoisotopic (exact) mass is 1570 g/mol. The number of fused-ring (bicyclic) bond motifs is 2. The van der Waals surface area contributed by atoms with Crippen LogP contribution in [-0.2, 0) is 83.1 Å². The molecule has 3 heterocycles. The molecule has 0 unspecified atom stereocenters. The Morgan fingerprint density at radius 2 is 1.06 bits per heavy atom. The van der Waals surface area contributed by atoms with Crippen molar-refractivity contribution in [3.8, 4) is 5.75 Å². The van der Waals surface area contributed by atoms with Gasteiger partial charge in [-0.1, -0.05) is 97.1 Å². The van der Waals surface area contributed by atoms with E-state index in [0.717, 1.165) is 90.4 Å². The maximum absolute atomic E-state index is 14.8. The summed E-state index contributed by atoms with van der Waals surface area (Å²) in [5.41, 5.74) is 5.70. The number of nitrogens with two attached hydrogens (primary N) is 1. The predicted molar refractivity (Wildman–Crippen MR) is 395 cm³/mol. The Morgan fingerprint density at radius 3 is 1.62 bits per heavy atom. The second-order valence-electron chi connectivity index (χ2n) is 29.4. The molecule has 3 saturated heterocycles. The average Bonchev–Trinajstić information content (AvgIpc) is 1.70. The van der Waals surface area contributed by atoms with Crippen LogP contribution >= 0.6 is 0 Å². The van der Waals surface area contributed by atoms with E-state index in [1.165, 1.54) is 52.0 Å². The molecule has 0 saturated carbocycles. The minimum absolute atomic E-state index is 0.00139. The predicted octanol–water partition coefficient (Wildman–Crippen LogP) is -5.29. The number of unbranched alkanes of at least 4 members (excludes halogenated alkanes) is 10. The molecule has 0 aliphatic carbocycles. The van der Waals surface area contributed by atoms with Crippen molar-refractivity contribution in [2.75, 3.05) is 26.2 Å². The fourth-order valence-electron chi connectivity index (χ4n) is 13.0. The van der Waals surface area contributed by atoms with Crippen molar-refractivity contribution >= 4 is 88.7 Å². The first-order valence-corrected chi connectivity index (χ1v) is 38.1. The number of amides is 14. The van der Waals surface area contributed by atoms with E-state index in [1.807, 2.05) is 0 Å². The first-order chi connectivity index (χ1) is 52.3. The van der Waals surface area contributed by atoms with Crippen molar-refractivity contribution < 1.29 is 118 Å². The third-order valence-corrected chi connectivity index (χ3v) is 19.3. The van der Waals surface area contributed by atoms with E-state index in [4.69, 9.17) is 10.5 Å². The van der Waals surface area contributed by atoms with Gasteiger partial charge in [0.25, 0.3) is 0 Å². The van der Waals surface area contributed by atoms with E-state index in [-0.39, 0.29) is 44.4 Å². The summed E-state index contributed by atoms with van der Waals surface area (Å²) in [6, 6.07) is -14.6. The van der Waals surface area contributed by atoms with Gasteiger partial charge in [-0.2, -0.15) is 0 Å². The molecule has 21 N–H and O–H groups in total. The van der Waals surface area contributed by atoms with Crippen LogP contribution in [0.3, 0.4) is 0 Å². The molecule has 1 aromatic rings. The van der Waals surface area contributed by atoms with E-state index in [0.29, 0.717) is 23.3 Å². The number of phenols is 1. The molecule has 3 aliphatic rings. The third kappa shape index (κ3) is 30.8. The van der Waals surface area contributed by atoms with E-state index < -0.39 is 249 Å². The number of nitrogens with one attached hydrogen (secondary N) is 11. The van der Waals surface area contributed by atoms with Gasteiger partial charge in [0.15, 0.2) is 0 Å². The number of benzene rings is 1. The number of aliphatic hydroxyl groups excluding tert-OH is 7. The maximum atomic E-state index is 14.8. The molecule has 624 valence electrons. The van der Waals surface area contributed by atoms with Gasteiger partial charge in [-0.05, 0) is 90.3 Å². The largest absolute Gasteiger partial charge is 0.508 e. The van der Waals surface area contributed by atoms with Crippen LogP contribution < -0.4 is 64.2 Å². The molecule has 0 aromatic heterocycles. The zero-order valence-corrected chi connectivity index (χ0v) is 64.7. The van der Waals surface area contributed by atoms with Gasteiger partial charge in [-0.15, -0.1) is 0 Å². The van der Waals surface area contributed by atoms with Gasteiger partial charge < -0.3 is 120 Å². The minimum atomic E-state index is -2.24. The number of nitrogens with zero attached hydrogens (tertiary/aromatic N) is 2. The molecule has 14 amide bonds. The molecule has 0 bridgehead atoms. The number of carbonyl (C=O) groups is 15. The van der Waals surface area contributed by atoms with Gasteiger partial charge in [0.05, 0.1) is 62.1 Å². The van der Waals surface area contributed by atoms with Gasteiger partial charge in [0.2, 0.25) is 82.7 Å². The molecule has 1 aromatic carbocycles. The van der Waals surface area contributed by atoms with Crippen molar-refractivity contribution in [2.45, 2.75) is 300 Å². The number of esters is 1. The fourth-order valence-corrected chi connectivity index (χ4v) is 13.0. The Bertz CT molecular complexity index is 3330. The number of ether oxygens (including phenoxy) is 1. The van der Waals surface area contributed by atoms with Crippen molar-refractivity contribution in [3.63, 3.8) is 0 Å². The summed E-state index contributed by atoms with van der Waals surface area (Å²) >= 11 is 0. The van der Waals surface area contributed by atoms with Crippen molar-refractivity contribution in [1.29, 1.82) is 0 Å². The molecule has 0 spiro atoms. The molecular weight excluding hydrogens is 1460 g/mol. The van der Waals surface area contributed by atoms with Crippen LogP contribution in [0.15, 0.2) is 24.3 Å². The topological polar surface area (TPSA) is 592 Å². The van der Waals surface area contributed by atoms with Crippen LogP contribution in [0, 0.1) is 5.92 Å². The van der Waals surface area contributed by atoms with Crippen LogP contribution in [0.4, 0.5) is 0 Å². The summed E-state index contributed by atoms with van der Waals surface area (Å²) in [6.07, 6.45) is -6.56. The summed E-state index contributed by atoms with van der Waals surface area (Å²) in [5.74, 6) is -17.8. The lowest BCUT2D eigenvalue weighted by Gasteiger charge is -2.34. The Hall–Kier alpha value is -9.21. The number of aliphatic hydroxyl groups is 7. The van der Waals surface area contributed by atoms with Crippen molar-refractivity contribution in [3.05, 3.63) is 29.8 Å². The first-order valence-electron chi connectivity index (χ1n) is 38.1. The van der Waals surface area contributed by atoms with Crippen molar-refractivity contribution in [2.24, 2.45) is 11.7 Å². The van der Waals surface area contributed by atoms with E-state index >= 15 is 0 Å². The second kappa shape index (κ2) is 46.6. The van der Waals surface area contributed by atoms with Gasteiger partial charge >= 0.3 is 5.97 Å². The number of carbonyl (C=O) groups excluding carboxylic acids is 15. The molecule has 111 heavy (non-hydrogen) atoms. The number of hydrogen-bond donors (Lipinski definition) is 20. The number of rotatable bonds is 26. The van der Waals surface area contributed by atoms with E-state index in [1.54, 1.807) is 0 Å². The van der Waals surface area contributed by atoms with Gasteiger partial charge in [-0.3, -0.25) is 67.1 Å². The highest BCUT2D eigenvalue weighted by molar-refractivity contribution is 6.00. The fraction of sp³-hybridized carbons (Fsp3) is 0.712. The molecule has 4 rings (SSSR count). The van der Waals surface area contributed by atoms with Crippen LogP contribution in [0.25, 0.3) is 0 Å². The van der Waals surface area contributed by atoms with Gasteiger partial charge in [0, 0.05) is 39.4 Å². The Kier molecular flexibility index (Phi) is 39.5. The molecule has 38 heteroatoms. The normalized spacial score (nSPS) is 27.6. The minimum Gasteiger partial charge on any atom is -0.508 e. The lowest BCUT2D eigenvalue weighted by Crippen LogP contribution is -2.64. The molecular formula is C73H118N14O24. The highest BCUT2D eigenvalue weighted by atomic mass is 16.5. The number of aromatic hydroxyl groups is 1. The Labute approximate surface area is 645 Å². The maximum Gasteiger partial charge on any atom is 0.328 e. The lowest BCUT2D eigenvalue weighted by atomic mass is 9.99. The van der Waals surface area contributed by atoms with E-state index in [2.05, 4.69) is 65.4 Å². The van der Waals surface area contributed by atoms with Gasteiger partial charge in [0.1, 0.15) is 78.3 Å². The van der Waals surface area contributed by atoms with Crippen LogP contribution in [0.2, 0.25) is 0 Å². The third-order valence-electron chi connectivity index (χ3n) is 19.3. The zero-order chi connectivity index (χ0) is 83.1. The summed E-state index contributed by atoms with van der Waals surface area (Å²) in [7, 11) is 0. The van der Waals surface area contributed by atoms with Crippen LogP contribution in [-0.4, -0.2) is 281 Å². The molecule has 19 atom stereocenters. The molecule has 0 radical (unpaired) electrons. The first kappa shape index (κ1) is 94.2. The summed E-state index contributed by atoms with van der Waals surface area (Å²) in [4.78, 5) is 211. The summed E-state index contributed by atoms with van der Waals surface area (Å²) in [6.45, 7) is 9.80. The Morgan fingerprint density at radius 1 is 0.559 bits per heavy atom. The van der Waals surface area contributed by atoms with Crippen LogP contribution in [0.1, 0.15) is 183 Å². The molecule has 3 aliphatic heterocycles. The quantitative estimate of drug-likeness (QED) is 0.0304. The van der Waals surface area contributed by atoms with Crippen molar-refractivity contribution in [1.82, 2.24) is 68.3 Å². The second-order valence-corrected chi connectivity index (χ2v) is 29.4. The number of primary amides is 1. The standard InChI is InChI=1S/C73H118N14O24/c1-10-11-12-13-14-15-16-17-18-19-20-22-47-33-54(98)80-57(39(5)88)67(104)77-38(4)63(100)79-49(31-44-24-26-45(93)27-25-44)64(101)82-56(37(2)3)71(108)87-36-46(94)32-50(87)65(102)83-59(41(7)90)69(106)84-60(42(8)91)72(109)86-30-28-51(95)62(86)70(107)85-61(52(96)34-53(74)97)66(103)76-35-55(99)81-58(40(6)89)68(105)78-48(73(110)111-47)23-21-29-75-43(9)92/h24-27,37-42,46-52,56-62,88-91,93-96H,10-23,28-36H2,1-9H3,(H2,74,97)(H,75,92)(H,76,103)(H,77,104)(H,78,105)(H,79,100)(H,80,98)(H,81,99)(H,82,101)(H,83,102)(H,84,106)(H,85,107)/t38-,39+,40-,41-,42-,46-,47-,48+,49+,50+,51+,52-,56+,57+,58+,59+,60+,61+,62+/m1/s1. The van der Waals surface area contributed by atoms with Gasteiger partial charge in [-0.25, -0.2) is 4.79 Å². The summed E-state index contributed by atoms with van der Waals surface area (Å²) in [5, 5.41) is 114. The highest BCUT2D eigenvalue weighted by Crippen LogP contribution is 2.25. The van der Waals surface area contributed by atoms with Crippen LogP contribution in [0.5, 0.6) is 5.75 Å². The molecule has 38 nitrogen and oxygen atoms in total. The number of phenolic OH excluding ortho intramolecular Hbond substituents is 1. The smallest absolute Gasteiger partial charge is 0.328 e. The summed E-state index contributed by atoms with van der Waals surface area (Å²) < 4.78 is 5.98.